The summed E-state index contributed by atoms with van der Waals surface area (Å²) in [5, 5.41) is 1.12. The average Bonchev–Trinajstić information content (AvgIpc) is 3.16. The van der Waals surface area contributed by atoms with Crippen LogP contribution in [-0.4, -0.2) is 52.5 Å². The van der Waals surface area contributed by atoms with E-state index in [4.69, 9.17) is 4.74 Å². The number of fused-ring (bicyclic) bond motifs is 3. The van der Waals surface area contributed by atoms with Gasteiger partial charge in [0, 0.05) is 67.2 Å². The van der Waals surface area contributed by atoms with Crippen molar-refractivity contribution in [3.63, 3.8) is 0 Å². The van der Waals surface area contributed by atoms with E-state index in [-0.39, 0.29) is 5.91 Å². The number of rotatable bonds is 3. The lowest BCUT2D eigenvalue weighted by Crippen LogP contribution is -2.36. The molecule has 2 aliphatic rings. The molecule has 2 aliphatic heterocycles. The fourth-order valence-electron chi connectivity index (χ4n) is 4.37. The smallest absolute Gasteiger partial charge is 0.257 e. The number of ether oxygens (including phenoxy) is 1. The van der Waals surface area contributed by atoms with Crippen LogP contribution < -0.4 is 9.64 Å². The Morgan fingerprint density at radius 3 is 2.66 bits per heavy atom. The van der Waals surface area contributed by atoms with Gasteiger partial charge in [-0.25, -0.2) is 9.97 Å². The summed E-state index contributed by atoms with van der Waals surface area (Å²) in [7, 11) is 1.67. The van der Waals surface area contributed by atoms with E-state index in [2.05, 4.69) is 19.9 Å². The van der Waals surface area contributed by atoms with Crippen molar-refractivity contribution in [2.75, 3.05) is 31.6 Å². The number of anilines is 1. The molecule has 5 rings (SSSR count). The largest absolute Gasteiger partial charge is 0.497 e. The van der Waals surface area contributed by atoms with Gasteiger partial charge < -0.3 is 19.5 Å². The molecule has 4 heterocycles. The molecule has 0 aliphatic carbocycles. The summed E-state index contributed by atoms with van der Waals surface area (Å²) in [6.45, 7) is 3.25. The molecule has 0 atom stereocenters. The molecule has 1 saturated heterocycles. The number of H-pyrrole nitrogens is 1. The second kappa shape index (κ2) is 7.39. The van der Waals surface area contributed by atoms with Gasteiger partial charge in [-0.2, -0.15) is 0 Å². The second-order valence-corrected chi connectivity index (χ2v) is 7.79. The Balaban J connectivity index is 1.36. The number of piperidine rings is 1. The molecule has 7 heteroatoms. The van der Waals surface area contributed by atoms with E-state index in [1.165, 1.54) is 30.5 Å². The lowest BCUT2D eigenvalue weighted by molar-refractivity contribution is 0.0734. The number of methoxy groups -OCH3 is 1. The number of carbonyl (C=O) groups is 1. The summed E-state index contributed by atoms with van der Waals surface area (Å²) in [5.74, 6) is 1.54. The fourth-order valence-corrected chi connectivity index (χ4v) is 4.37. The van der Waals surface area contributed by atoms with Crippen LogP contribution in [-0.2, 0) is 13.0 Å². The van der Waals surface area contributed by atoms with Crippen molar-refractivity contribution in [3.05, 3.63) is 47.4 Å². The molecule has 29 heavy (non-hydrogen) atoms. The molecule has 1 amide bonds. The van der Waals surface area contributed by atoms with E-state index in [9.17, 15) is 4.79 Å². The van der Waals surface area contributed by atoms with E-state index in [1.807, 2.05) is 23.1 Å². The highest BCUT2D eigenvalue weighted by Gasteiger charge is 2.25. The quantitative estimate of drug-likeness (QED) is 0.742. The van der Waals surface area contributed by atoms with Crippen LogP contribution in [0.1, 0.15) is 40.9 Å². The summed E-state index contributed by atoms with van der Waals surface area (Å²) in [6, 6.07) is 6.02. The Labute approximate surface area is 169 Å². The number of nitrogens with one attached hydrogen (secondary N) is 1. The number of aromatic nitrogens is 3. The topological polar surface area (TPSA) is 74.3 Å². The maximum Gasteiger partial charge on any atom is 0.257 e. The van der Waals surface area contributed by atoms with Crippen molar-refractivity contribution in [2.45, 2.75) is 32.2 Å². The minimum Gasteiger partial charge on any atom is -0.497 e. The van der Waals surface area contributed by atoms with Gasteiger partial charge in [-0.05, 0) is 37.5 Å². The van der Waals surface area contributed by atoms with E-state index in [1.54, 1.807) is 19.5 Å². The van der Waals surface area contributed by atoms with Crippen LogP contribution in [0, 0.1) is 0 Å². The van der Waals surface area contributed by atoms with Gasteiger partial charge in [-0.3, -0.25) is 4.79 Å². The molecule has 0 unspecified atom stereocenters. The third-order valence-corrected chi connectivity index (χ3v) is 5.99. The third-order valence-electron chi connectivity index (χ3n) is 5.99. The standard InChI is InChI=1S/C22H25N5O2/c1-29-16-5-6-19-17(11-16)18-14-27(10-7-20(18)25-19)21(28)15-12-23-22(24-13-15)26-8-3-2-4-9-26/h5-6,11-13,25H,2-4,7-10,14H2,1H3. The Hall–Kier alpha value is -3.09. The summed E-state index contributed by atoms with van der Waals surface area (Å²) in [5.41, 5.74) is 4.00. The zero-order valence-corrected chi connectivity index (χ0v) is 16.6. The first-order valence-electron chi connectivity index (χ1n) is 10.3. The zero-order chi connectivity index (χ0) is 19.8. The molecule has 2 aromatic heterocycles. The van der Waals surface area contributed by atoms with Gasteiger partial charge in [0.2, 0.25) is 5.95 Å². The van der Waals surface area contributed by atoms with Crippen LogP contribution in [0.25, 0.3) is 10.9 Å². The summed E-state index contributed by atoms with van der Waals surface area (Å²) in [4.78, 5) is 29.6. The van der Waals surface area contributed by atoms with Crippen LogP contribution in [0.5, 0.6) is 5.75 Å². The third kappa shape index (κ3) is 3.30. The molecular weight excluding hydrogens is 366 g/mol. The van der Waals surface area contributed by atoms with Gasteiger partial charge in [-0.15, -0.1) is 0 Å². The molecule has 0 spiro atoms. The first kappa shape index (κ1) is 18.0. The van der Waals surface area contributed by atoms with Crippen LogP contribution in [0.15, 0.2) is 30.6 Å². The van der Waals surface area contributed by atoms with Crippen molar-refractivity contribution in [1.29, 1.82) is 0 Å². The van der Waals surface area contributed by atoms with Crippen molar-refractivity contribution in [2.24, 2.45) is 0 Å². The lowest BCUT2D eigenvalue weighted by Gasteiger charge is -2.28. The van der Waals surface area contributed by atoms with E-state index < -0.39 is 0 Å². The Morgan fingerprint density at radius 2 is 1.90 bits per heavy atom. The molecule has 150 valence electrons. The van der Waals surface area contributed by atoms with Crippen LogP contribution in [0.4, 0.5) is 5.95 Å². The van der Waals surface area contributed by atoms with Crippen LogP contribution in [0.3, 0.4) is 0 Å². The number of hydrogen-bond acceptors (Lipinski definition) is 5. The highest BCUT2D eigenvalue weighted by atomic mass is 16.5. The van der Waals surface area contributed by atoms with Crippen LogP contribution >= 0.6 is 0 Å². The lowest BCUT2D eigenvalue weighted by atomic mass is 10.0. The Kier molecular flexibility index (Phi) is 4.58. The number of carbonyl (C=O) groups excluding carboxylic acids is 1. The molecule has 3 aromatic rings. The predicted molar refractivity (Wildman–Crippen MR) is 111 cm³/mol. The average molecular weight is 391 g/mol. The van der Waals surface area contributed by atoms with Crippen molar-refractivity contribution >= 4 is 22.8 Å². The number of nitrogens with zero attached hydrogens (tertiary/aromatic N) is 4. The number of hydrogen-bond donors (Lipinski definition) is 1. The van der Waals surface area contributed by atoms with E-state index in [0.29, 0.717) is 18.7 Å². The van der Waals surface area contributed by atoms with Gasteiger partial charge in [0.05, 0.1) is 12.7 Å². The second-order valence-electron chi connectivity index (χ2n) is 7.79. The molecule has 1 N–H and O–H groups in total. The molecule has 0 radical (unpaired) electrons. The van der Waals surface area contributed by atoms with E-state index >= 15 is 0 Å². The molecule has 0 bridgehead atoms. The van der Waals surface area contributed by atoms with E-state index in [0.717, 1.165) is 42.1 Å². The molecular formula is C22H25N5O2. The first-order chi connectivity index (χ1) is 14.2. The number of aromatic amines is 1. The molecule has 0 saturated carbocycles. The Bertz CT molecular complexity index is 1040. The minimum atomic E-state index is -0.0157. The predicted octanol–water partition coefficient (Wildman–Crippen LogP) is 3.16. The highest BCUT2D eigenvalue weighted by molar-refractivity contribution is 5.94. The maximum atomic E-state index is 13.1. The van der Waals surface area contributed by atoms with Gasteiger partial charge in [0.1, 0.15) is 5.75 Å². The van der Waals surface area contributed by atoms with Crippen molar-refractivity contribution in [1.82, 2.24) is 19.9 Å². The first-order valence-corrected chi connectivity index (χ1v) is 10.3. The van der Waals surface area contributed by atoms with Crippen LogP contribution in [0.2, 0.25) is 0 Å². The van der Waals surface area contributed by atoms with Crippen molar-refractivity contribution < 1.29 is 9.53 Å². The maximum absolute atomic E-state index is 13.1. The highest BCUT2D eigenvalue weighted by Crippen LogP contribution is 2.31. The van der Waals surface area contributed by atoms with Gasteiger partial charge in [0.15, 0.2) is 0 Å². The summed E-state index contributed by atoms with van der Waals surface area (Å²) in [6.07, 6.45) is 7.78. The fraction of sp³-hybridized carbons (Fsp3) is 0.409. The van der Waals surface area contributed by atoms with Gasteiger partial charge >= 0.3 is 0 Å². The number of benzene rings is 1. The molecule has 7 nitrogen and oxygen atoms in total. The zero-order valence-electron chi connectivity index (χ0n) is 16.6. The summed E-state index contributed by atoms with van der Waals surface area (Å²) >= 11 is 0. The normalized spacial score (nSPS) is 16.7. The van der Waals surface area contributed by atoms with Gasteiger partial charge in [-0.1, -0.05) is 0 Å². The minimum absolute atomic E-state index is 0.0157. The molecule has 1 aromatic carbocycles. The number of amides is 1. The summed E-state index contributed by atoms with van der Waals surface area (Å²) < 4.78 is 5.37. The van der Waals surface area contributed by atoms with Crippen molar-refractivity contribution in [3.8, 4) is 5.75 Å². The Morgan fingerprint density at radius 1 is 1.10 bits per heavy atom. The van der Waals surface area contributed by atoms with Gasteiger partial charge in [0.25, 0.3) is 5.91 Å². The molecule has 1 fully saturated rings. The SMILES string of the molecule is COc1ccc2[nH]c3c(c2c1)CN(C(=O)c1cnc(N2CCCCC2)nc1)CC3. The monoisotopic (exact) mass is 391 g/mol.